The van der Waals surface area contributed by atoms with Gasteiger partial charge in [-0.2, -0.15) is 0 Å². The van der Waals surface area contributed by atoms with Crippen molar-refractivity contribution in [3.05, 3.63) is 58.7 Å². The van der Waals surface area contributed by atoms with Gasteiger partial charge in [0, 0.05) is 5.56 Å². The van der Waals surface area contributed by atoms with Crippen LogP contribution in [0.1, 0.15) is 41.4 Å². The monoisotopic (exact) mass is 366 g/mol. The molecule has 138 valence electrons. The topological polar surface area (TPSA) is 212 Å². The second kappa shape index (κ2) is 8.37. The Balaban J connectivity index is 0.00000312. The van der Waals surface area contributed by atoms with E-state index < -0.39 is 46.1 Å². The lowest BCUT2D eigenvalue weighted by Gasteiger charge is -2.15. The molecule has 0 heterocycles. The molecule has 0 unspecified atom stereocenters. The first-order valence-electron chi connectivity index (χ1n) is 6.45. The van der Waals surface area contributed by atoms with E-state index in [2.05, 4.69) is 0 Å². The van der Waals surface area contributed by atoms with Gasteiger partial charge < -0.3 is 31.4 Å². The van der Waals surface area contributed by atoms with E-state index in [9.17, 15) is 34.5 Å². The zero-order valence-electron chi connectivity index (χ0n) is 12.9. The van der Waals surface area contributed by atoms with Crippen LogP contribution in [0.3, 0.4) is 0 Å². The Morgan fingerprint density at radius 3 is 1.46 bits per heavy atom. The first kappa shape index (κ1) is 22.2. The molecule has 2 aromatic carbocycles. The molecule has 0 aliphatic rings. The third kappa shape index (κ3) is 3.83. The summed E-state index contributed by atoms with van der Waals surface area (Å²) < 4.78 is 0. The number of rotatable bonds is 5. The Labute approximate surface area is 145 Å². The van der Waals surface area contributed by atoms with E-state index in [4.69, 9.17) is 5.11 Å². The number of carboxylic acids is 4. The summed E-state index contributed by atoms with van der Waals surface area (Å²) in [7, 11) is 0. The predicted octanol–water partition coefficient (Wildman–Crippen LogP) is 0.497. The fraction of sp³-hybridized carbons (Fsp3) is 0. The molecule has 0 radical (unpaired) electrons. The first-order valence-corrected chi connectivity index (χ1v) is 6.45. The molecule has 0 amide bonds. The molecule has 0 fully saturated rings. The van der Waals surface area contributed by atoms with E-state index in [1.807, 2.05) is 0 Å². The van der Waals surface area contributed by atoms with Gasteiger partial charge >= 0.3 is 23.9 Å². The highest BCUT2D eigenvalue weighted by molar-refractivity contribution is 6.16. The minimum Gasteiger partial charge on any atom is -0.478 e. The van der Waals surface area contributed by atoms with Crippen molar-refractivity contribution in [2.45, 2.75) is 0 Å². The van der Waals surface area contributed by atoms with Crippen LogP contribution < -0.4 is 0 Å². The molecule has 10 heteroatoms. The van der Waals surface area contributed by atoms with Gasteiger partial charge in [0.2, 0.25) is 0 Å². The molecular formula is C16H14O10. The summed E-state index contributed by atoms with van der Waals surface area (Å²) in [5.41, 5.74) is -3.59. The third-order valence-electron chi connectivity index (χ3n) is 3.28. The molecule has 0 aromatic heterocycles. The standard InChI is InChI=1S/C16H10O8.2H2O/c17-13(18)8-6-9(14(19)20)11(15(21)22)12(16(23)24)10(8)7-4-2-1-3-5-7;;/h1-6H,(H,17,18)(H,19,20)(H,21,22)(H,23,24);2*1H2. The number of hydrogen-bond acceptors (Lipinski definition) is 4. The fourth-order valence-electron chi connectivity index (χ4n) is 2.36. The maximum Gasteiger partial charge on any atom is 0.337 e. The maximum absolute atomic E-state index is 11.6. The summed E-state index contributed by atoms with van der Waals surface area (Å²) in [5, 5.41) is 37.2. The molecule has 0 saturated heterocycles. The van der Waals surface area contributed by atoms with Gasteiger partial charge in [0.15, 0.2) is 0 Å². The van der Waals surface area contributed by atoms with Crippen LogP contribution in [-0.4, -0.2) is 55.3 Å². The van der Waals surface area contributed by atoms with Gasteiger partial charge in [0.1, 0.15) is 0 Å². The molecule has 0 saturated carbocycles. The lowest BCUT2D eigenvalue weighted by atomic mass is 9.87. The van der Waals surface area contributed by atoms with E-state index in [1.165, 1.54) is 24.3 Å². The Morgan fingerprint density at radius 2 is 1.08 bits per heavy atom. The molecule has 26 heavy (non-hydrogen) atoms. The molecule has 0 atom stereocenters. The average molecular weight is 366 g/mol. The third-order valence-corrected chi connectivity index (χ3v) is 3.28. The summed E-state index contributed by atoms with van der Waals surface area (Å²) >= 11 is 0. The van der Waals surface area contributed by atoms with Crippen LogP contribution in [0.5, 0.6) is 0 Å². The highest BCUT2D eigenvalue weighted by atomic mass is 16.4. The van der Waals surface area contributed by atoms with Crippen LogP contribution in [0.2, 0.25) is 0 Å². The molecule has 2 aromatic rings. The van der Waals surface area contributed by atoms with Gasteiger partial charge in [-0.25, -0.2) is 19.2 Å². The molecule has 0 bridgehead atoms. The van der Waals surface area contributed by atoms with Gasteiger partial charge in [-0.3, -0.25) is 0 Å². The Hall–Kier alpha value is -3.76. The van der Waals surface area contributed by atoms with E-state index >= 15 is 0 Å². The predicted molar refractivity (Wildman–Crippen MR) is 86.9 cm³/mol. The second-order valence-corrected chi connectivity index (χ2v) is 4.68. The van der Waals surface area contributed by atoms with E-state index in [-0.39, 0.29) is 22.1 Å². The van der Waals surface area contributed by atoms with Gasteiger partial charge in [0.25, 0.3) is 0 Å². The largest absolute Gasteiger partial charge is 0.478 e. The molecule has 2 rings (SSSR count). The number of benzene rings is 2. The molecule has 0 aliphatic heterocycles. The van der Waals surface area contributed by atoms with Crippen molar-refractivity contribution in [2.24, 2.45) is 0 Å². The van der Waals surface area contributed by atoms with Gasteiger partial charge in [-0.15, -0.1) is 0 Å². The second-order valence-electron chi connectivity index (χ2n) is 4.68. The number of aromatic carboxylic acids is 4. The molecule has 8 N–H and O–H groups in total. The minimum absolute atomic E-state index is 0. The summed E-state index contributed by atoms with van der Waals surface area (Å²) in [6.07, 6.45) is 0. The fourth-order valence-corrected chi connectivity index (χ4v) is 2.36. The highest BCUT2D eigenvalue weighted by Gasteiger charge is 2.31. The van der Waals surface area contributed by atoms with Crippen molar-refractivity contribution in [3.63, 3.8) is 0 Å². The summed E-state index contributed by atoms with van der Waals surface area (Å²) in [4.78, 5) is 45.8. The Morgan fingerprint density at radius 1 is 0.615 bits per heavy atom. The van der Waals surface area contributed by atoms with E-state index in [0.717, 1.165) is 0 Å². The summed E-state index contributed by atoms with van der Waals surface area (Å²) in [6, 6.07) is 8.09. The highest BCUT2D eigenvalue weighted by Crippen LogP contribution is 2.33. The van der Waals surface area contributed by atoms with E-state index in [1.54, 1.807) is 6.07 Å². The summed E-state index contributed by atoms with van der Waals surface area (Å²) in [5.74, 6) is -6.83. The summed E-state index contributed by atoms with van der Waals surface area (Å²) in [6.45, 7) is 0. The lowest BCUT2D eigenvalue weighted by molar-refractivity contribution is 0.0632. The van der Waals surface area contributed by atoms with Crippen LogP contribution in [0.4, 0.5) is 0 Å². The quantitative estimate of drug-likeness (QED) is 0.583. The Kier molecular flexibility index (Phi) is 7.16. The molecule has 0 spiro atoms. The smallest absolute Gasteiger partial charge is 0.337 e. The van der Waals surface area contributed by atoms with Crippen LogP contribution in [0, 0.1) is 0 Å². The molecular weight excluding hydrogens is 352 g/mol. The van der Waals surface area contributed by atoms with Gasteiger partial charge in [0.05, 0.1) is 22.3 Å². The SMILES string of the molecule is O.O.O=C(O)c1cc(C(=O)O)c(-c2ccccc2)c(C(=O)O)c1C(=O)O. The van der Waals surface area contributed by atoms with Crippen LogP contribution in [0.25, 0.3) is 11.1 Å². The number of hydrogen-bond donors (Lipinski definition) is 4. The lowest BCUT2D eigenvalue weighted by Crippen LogP contribution is -2.19. The molecule has 0 aliphatic carbocycles. The average Bonchev–Trinajstić information content (AvgIpc) is 2.53. The Bertz CT molecular complexity index is 870. The normalized spacial score (nSPS) is 9.38. The van der Waals surface area contributed by atoms with Crippen molar-refractivity contribution < 1.29 is 50.6 Å². The van der Waals surface area contributed by atoms with E-state index in [0.29, 0.717) is 6.07 Å². The van der Waals surface area contributed by atoms with Crippen molar-refractivity contribution in [1.29, 1.82) is 0 Å². The van der Waals surface area contributed by atoms with Crippen LogP contribution in [-0.2, 0) is 0 Å². The number of carboxylic acid groups (broad SMARTS) is 4. The first-order chi connectivity index (χ1) is 11.3. The maximum atomic E-state index is 11.6. The van der Waals surface area contributed by atoms with Crippen molar-refractivity contribution >= 4 is 23.9 Å². The minimum atomic E-state index is -1.78. The van der Waals surface area contributed by atoms with Crippen molar-refractivity contribution in [2.75, 3.05) is 0 Å². The van der Waals surface area contributed by atoms with Crippen LogP contribution >= 0.6 is 0 Å². The van der Waals surface area contributed by atoms with Gasteiger partial charge in [-0.1, -0.05) is 30.3 Å². The zero-order chi connectivity index (χ0) is 18.0. The van der Waals surface area contributed by atoms with Crippen molar-refractivity contribution in [1.82, 2.24) is 0 Å². The zero-order valence-corrected chi connectivity index (χ0v) is 12.9. The number of carbonyl (C=O) groups is 4. The molecule has 10 nitrogen and oxygen atoms in total. The van der Waals surface area contributed by atoms with Crippen molar-refractivity contribution in [3.8, 4) is 11.1 Å². The van der Waals surface area contributed by atoms with Gasteiger partial charge in [-0.05, 0) is 11.6 Å². The van der Waals surface area contributed by atoms with Crippen LogP contribution in [0.15, 0.2) is 36.4 Å².